The fraction of sp³-hybridized carbons (Fsp3) is 1.00. The van der Waals surface area contributed by atoms with Gasteiger partial charge < -0.3 is 5.32 Å². The zero-order chi connectivity index (χ0) is 10.3. The fourth-order valence-electron chi connectivity index (χ4n) is 0.738. The van der Waals surface area contributed by atoms with Crippen molar-refractivity contribution in [2.75, 3.05) is 18.2 Å². The van der Waals surface area contributed by atoms with Crippen LogP contribution in [0.25, 0.3) is 0 Å². The van der Waals surface area contributed by atoms with Gasteiger partial charge >= 0.3 is 5.51 Å². The Hall–Kier alpha value is 0.390. The second-order valence-electron chi connectivity index (χ2n) is 2.63. The average Bonchev–Trinajstić information content (AvgIpc) is 1.97. The highest BCUT2D eigenvalue weighted by Gasteiger charge is 2.27. The van der Waals surface area contributed by atoms with Crippen LogP contribution in [0.3, 0.4) is 0 Å². The number of nitrogens with one attached hydrogen (secondary N) is 1. The second-order valence-corrected chi connectivity index (χ2v) is 4.16. The van der Waals surface area contributed by atoms with E-state index in [1.807, 2.05) is 6.92 Å². The summed E-state index contributed by atoms with van der Waals surface area (Å²) >= 11 is 5.45. The monoisotopic (exact) mass is 235 g/mol. The third-order valence-electron chi connectivity index (χ3n) is 1.40. The third-order valence-corrected chi connectivity index (χ3v) is 2.36. The first-order valence-corrected chi connectivity index (χ1v) is 5.47. The van der Waals surface area contributed by atoms with E-state index in [0.29, 0.717) is 12.4 Å². The van der Waals surface area contributed by atoms with Crippen LogP contribution in [0, 0.1) is 0 Å². The van der Waals surface area contributed by atoms with Gasteiger partial charge in [-0.1, -0.05) is 0 Å². The second kappa shape index (κ2) is 6.79. The summed E-state index contributed by atoms with van der Waals surface area (Å²) in [6.45, 7) is 2.27. The molecule has 0 spiro atoms. The maximum absolute atomic E-state index is 11.6. The van der Waals surface area contributed by atoms with Crippen molar-refractivity contribution in [2.24, 2.45) is 0 Å². The van der Waals surface area contributed by atoms with E-state index in [-0.39, 0.29) is 23.6 Å². The molecule has 0 aromatic rings. The van der Waals surface area contributed by atoms with Crippen LogP contribution in [0.5, 0.6) is 0 Å². The Labute approximate surface area is 85.4 Å². The summed E-state index contributed by atoms with van der Waals surface area (Å²) in [4.78, 5) is 0. The van der Waals surface area contributed by atoms with Gasteiger partial charge in [-0.15, -0.1) is 11.6 Å². The van der Waals surface area contributed by atoms with Crippen LogP contribution in [0.4, 0.5) is 13.2 Å². The number of alkyl halides is 4. The minimum Gasteiger partial charge on any atom is -0.313 e. The normalized spacial score (nSPS) is 14.5. The number of halogens is 4. The maximum atomic E-state index is 11.6. The molecule has 1 nitrogen and oxygen atoms in total. The topological polar surface area (TPSA) is 12.0 Å². The predicted molar refractivity (Wildman–Crippen MR) is 51.3 cm³/mol. The Kier molecular flexibility index (Phi) is 6.99. The van der Waals surface area contributed by atoms with Crippen molar-refractivity contribution in [3.8, 4) is 0 Å². The Morgan fingerprint density at radius 2 is 2.08 bits per heavy atom. The van der Waals surface area contributed by atoms with E-state index in [4.69, 9.17) is 11.6 Å². The molecule has 0 rings (SSSR count). The van der Waals surface area contributed by atoms with Crippen LogP contribution < -0.4 is 5.32 Å². The SMILES string of the molecule is CC(CCCl)NCCSC(F)(F)F. The first-order chi connectivity index (χ1) is 5.95. The highest BCUT2D eigenvalue weighted by atomic mass is 35.5. The summed E-state index contributed by atoms with van der Waals surface area (Å²) in [5.74, 6) is 0.580. The van der Waals surface area contributed by atoms with Crippen LogP contribution in [-0.4, -0.2) is 29.7 Å². The molecule has 0 saturated heterocycles. The fourth-order valence-corrected chi connectivity index (χ4v) is 1.52. The Morgan fingerprint density at radius 1 is 1.46 bits per heavy atom. The lowest BCUT2D eigenvalue weighted by Crippen LogP contribution is -2.29. The minimum absolute atomic E-state index is 0.00184. The smallest absolute Gasteiger partial charge is 0.313 e. The summed E-state index contributed by atoms with van der Waals surface area (Å²) in [5, 5.41) is 2.95. The zero-order valence-electron chi connectivity index (χ0n) is 7.33. The molecule has 0 aliphatic heterocycles. The van der Waals surface area contributed by atoms with Gasteiger partial charge in [0.2, 0.25) is 0 Å². The van der Waals surface area contributed by atoms with Crippen molar-refractivity contribution in [1.29, 1.82) is 0 Å². The van der Waals surface area contributed by atoms with Gasteiger partial charge in [0, 0.05) is 24.2 Å². The van der Waals surface area contributed by atoms with E-state index in [1.54, 1.807) is 0 Å². The van der Waals surface area contributed by atoms with Gasteiger partial charge in [-0.25, -0.2) is 0 Å². The molecule has 0 fully saturated rings. The van der Waals surface area contributed by atoms with Crippen LogP contribution in [0.15, 0.2) is 0 Å². The van der Waals surface area contributed by atoms with Gasteiger partial charge in [0.1, 0.15) is 0 Å². The molecule has 1 atom stereocenters. The molecular formula is C7H13ClF3NS. The number of thioether (sulfide) groups is 1. The molecule has 80 valence electrons. The molecule has 0 aromatic heterocycles. The molecule has 0 bridgehead atoms. The molecule has 0 radical (unpaired) electrons. The molecule has 13 heavy (non-hydrogen) atoms. The minimum atomic E-state index is -4.11. The van der Waals surface area contributed by atoms with Gasteiger partial charge in [0.15, 0.2) is 0 Å². The van der Waals surface area contributed by atoms with Gasteiger partial charge in [-0.05, 0) is 25.1 Å². The molecule has 1 N–H and O–H groups in total. The summed E-state index contributed by atoms with van der Waals surface area (Å²) in [6.07, 6.45) is 0.776. The number of hydrogen-bond acceptors (Lipinski definition) is 2. The van der Waals surface area contributed by atoms with E-state index in [2.05, 4.69) is 5.32 Å². The van der Waals surface area contributed by atoms with E-state index >= 15 is 0 Å². The molecule has 0 amide bonds. The van der Waals surface area contributed by atoms with E-state index in [9.17, 15) is 13.2 Å². The standard InChI is InChI=1S/C7H13ClF3NS/c1-6(2-3-8)12-4-5-13-7(9,10)11/h6,12H,2-5H2,1H3. The summed E-state index contributed by atoms with van der Waals surface area (Å²) in [6, 6.07) is 0.186. The lowest BCUT2D eigenvalue weighted by Gasteiger charge is -2.12. The molecule has 0 heterocycles. The summed E-state index contributed by atoms with van der Waals surface area (Å²) < 4.78 is 34.9. The maximum Gasteiger partial charge on any atom is 0.441 e. The number of rotatable bonds is 6. The molecule has 6 heteroatoms. The number of hydrogen-bond donors (Lipinski definition) is 1. The summed E-state index contributed by atoms with van der Waals surface area (Å²) in [7, 11) is 0. The molecule has 1 unspecified atom stereocenters. The van der Waals surface area contributed by atoms with Crippen LogP contribution in [0.2, 0.25) is 0 Å². The highest BCUT2D eigenvalue weighted by Crippen LogP contribution is 2.29. The quantitative estimate of drug-likeness (QED) is 0.561. The largest absolute Gasteiger partial charge is 0.441 e. The Balaban J connectivity index is 3.25. The van der Waals surface area contributed by atoms with Crippen LogP contribution in [-0.2, 0) is 0 Å². The van der Waals surface area contributed by atoms with Crippen molar-refractivity contribution in [3.63, 3.8) is 0 Å². The molecule has 0 aliphatic carbocycles. The van der Waals surface area contributed by atoms with Crippen molar-refractivity contribution >= 4 is 23.4 Å². The highest BCUT2D eigenvalue weighted by molar-refractivity contribution is 8.00. The van der Waals surface area contributed by atoms with Crippen LogP contribution >= 0.6 is 23.4 Å². The van der Waals surface area contributed by atoms with Gasteiger partial charge in [-0.3, -0.25) is 0 Å². The van der Waals surface area contributed by atoms with Gasteiger partial charge in [0.25, 0.3) is 0 Å². The van der Waals surface area contributed by atoms with E-state index in [1.165, 1.54) is 0 Å². The summed E-state index contributed by atoms with van der Waals surface area (Å²) in [5.41, 5.74) is -4.11. The molecule has 0 saturated carbocycles. The van der Waals surface area contributed by atoms with Crippen molar-refractivity contribution in [3.05, 3.63) is 0 Å². The lowest BCUT2D eigenvalue weighted by molar-refractivity contribution is -0.0327. The van der Waals surface area contributed by atoms with Gasteiger partial charge in [-0.2, -0.15) is 13.2 Å². The average molecular weight is 236 g/mol. The van der Waals surface area contributed by atoms with Crippen molar-refractivity contribution in [1.82, 2.24) is 5.32 Å². The lowest BCUT2D eigenvalue weighted by atomic mass is 10.3. The van der Waals surface area contributed by atoms with Crippen molar-refractivity contribution < 1.29 is 13.2 Å². The predicted octanol–water partition coefficient (Wildman–Crippen LogP) is 2.85. The molecular weight excluding hydrogens is 223 g/mol. The Morgan fingerprint density at radius 3 is 2.54 bits per heavy atom. The van der Waals surface area contributed by atoms with Crippen molar-refractivity contribution in [2.45, 2.75) is 24.9 Å². The zero-order valence-corrected chi connectivity index (χ0v) is 8.90. The molecule has 0 aromatic carbocycles. The molecule has 0 aliphatic rings. The third kappa shape index (κ3) is 10.3. The Bertz CT molecular complexity index is 131. The first-order valence-electron chi connectivity index (χ1n) is 3.95. The van der Waals surface area contributed by atoms with E-state index in [0.717, 1.165) is 6.42 Å². The first kappa shape index (κ1) is 13.4. The van der Waals surface area contributed by atoms with Crippen LogP contribution in [0.1, 0.15) is 13.3 Å². The van der Waals surface area contributed by atoms with Gasteiger partial charge in [0.05, 0.1) is 0 Å². The van der Waals surface area contributed by atoms with E-state index < -0.39 is 5.51 Å².